The second-order valence-electron chi connectivity index (χ2n) is 11.5. The number of hydrogen-bond donors (Lipinski definition) is 8. The number of rotatable bonds is 3. The van der Waals surface area contributed by atoms with Gasteiger partial charge in [-0.2, -0.15) is 0 Å². The van der Waals surface area contributed by atoms with Crippen LogP contribution >= 0.6 is 0 Å². The van der Waals surface area contributed by atoms with E-state index in [0.29, 0.717) is 0 Å². The topological polar surface area (TPSA) is 307 Å². The summed E-state index contributed by atoms with van der Waals surface area (Å²) in [6, 6.07) is 23.8. The number of nitrogens with zero attached hydrogens (tertiary/aromatic N) is 6. The molecular weight excluding hydrogens is 780 g/mol. The van der Waals surface area contributed by atoms with E-state index in [0.717, 1.165) is 0 Å². The average Bonchev–Trinajstić information content (AvgIpc) is 3.32. The van der Waals surface area contributed by atoms with Crippen LogP contribution in [0.3, 0.4) is 0 Å². The van der Waals surface area contributed by atoms with Crippen molar-refractivity contribution in [3.8, 4) is 33.4 Å². The van der Waals surface area contributed by atoms with E-state index in [1.165, 1.54) is 33.4 Å². The quantitative estimate of drug-likeness (QED) is 0.0947. The number of ketones is 4. The van der Waals surface area contributed by atoms with Crippen LogP contribution in [-0.4, -0.2) is 93.9 Å². The molecule has 0 amide bonds. The fourth-order valence-corrected chi connectivity index (χ4v) is 4.58. The minimum atomic E-state index is -1.38. The SMILES string of the molecule is O=C1C(O)=C(O)C(=O)C(O)=C1O.O=C1C(O)=C(O)C(=O)C(O)=C1O.c1cc(-c2ccncc2)ccn1.c1cc(-c2ccncc2)ccn1.c1cc(-c2ccncc2)ccn1. The van der Waals surface area contributed by atoms with E-state index in [4.69, 9.17) is 40.9 Å². The summed E-state index contributed by atoms with van der Waals surface area (Å²) in [6.45, 7) is 0. The van der Waals surface area contributed by atoms with Crippen molar-refractivity contribution >= 4 is 23.1 Å². The maximum Gasteiger partial charge on any atom is 0.269 e. The maximum absolute atomic E-state index is 10.6. The third-order valence-electron chi connectivity index (χ3n) is 7.70. The molecule has 6 aromatic heterocycles. The summed E-state index contributed by atoms with van der Waals surface area (Å²) >= 11 is 0. The number of aliphatic hydroxyl groups excluding tert-OH is 8. The molecule has 6 heterocycles. The van der Waals surface area contributed by atoms with Crippen LogP contribution < -0.4 is 0 Å². The van der Waals surface area contributed by atoms with E-state index in [1.54, 1.807) is 74.4 Å². The van der Waals surface area contributed by atoms with Gasteiger partial charge in [0.1, 0.15) is 0 Å². The molecule has 8 rings (SSSR count). The molecule has 0 radical (unpaired) electrons. The lowest BCUT2D eigenvalue weighted by atomic mass is 10.1. The number of pyridine rings is 6. The van der Waals surface area contributed by atoms with E-state index in [2.05, 4.69) is 29.9 Å². The molecule has 0 saturated heterocycles. The van der Waals surface area contributed by atoms with E-state index in [9.17, 15) is 19.2 Å². The Morgan fingerprint density at radius 1 is 0.217 bits per heavy atom. The molecule has 0 unspecified atom stereocenters. The van der Waals surface area contributed by atoms with Gasteiger partial charge in [0.2, 0.25) is 46.1 Å². The van der Waals surface area contributed by atoms with Gasteiger partial charge in [-0.3, -0.25) is 49.1 Å². The van der Waals surface area contributed by atoms with E-state index in [-0.39, 0.29) is 0 Å². The van der Waals surface area contributed by atoms with Crippen LogP contribution in [0.15, 0.2) is 193 Å². The maximum atomic E-state index is 10.6. The highest BCUT2D eigenvalue weighted by Crippen LogP contribution is 2.20. The summed E-state index contributed by atoms with van der Waals surface area (Å²) in [4.78, 5) is 66.1. The highest BCUT2D eigenvalue weighted by atomic mass is 16.4. The van der Waals surface area contributed by atoms with Gasteiger partial charge in [0, 0.05) is 74.4 Å². The lowest BCUT2D eigenvalue weighted by Gasteiger charge is -2.08. The zero-order valence-corrected chi connectivity index (χ0v) is 30.8. The van der Waals surface area contributed by atoms with Crippen LogP contribution in [0, 0.1) is 0 Å². The van der Waals surface area contributed by atoms with E-state index >= 15 is 0 Å². The molecule has 2 aliphatic rings. The molecule has 0 aromatic carbocycles. The van der Waals surface area contributed by atoms with Gasteiger partial charge in [0.15, 0.2) is 0 Å². The van der Waals surface area contributed by atoms with Crippen molar-refractivity contribution in [2.24, 2.45) is 0 Å². The number of carbonyl (C=O) groups is 4. The molecule has 0 bridgehead atoms. The molecule has 0 saturated carbocycles. The number of carbonyl (C=O) groups excluding carboxylic acids is 4. The van der Waals surface area contributed by atoms with Crippen LogP contribution in [0.5, 0.6) is 0 Å². The second kappa shape index (κ2) is 21.3. The summed E-state index contributed by atoms with van der Waals surface area (Å²) in [5.74, 6) is -15.7. The summed E-state index contributed by atoms with van der Waals surface area (Å²) < 4.78 is 0. The van der Waals surface area contributed by atoms with Gasteiger partial charge in [-0.15, -0.1) is 0 Å². The first kappa shape index (κ1) is 43.7. The van der Waals surface area contributed by atoms with Crippen molar-refractivity contribution in [3.05, 3.63) is 193 Å². The van der Waals surface area contributed by atoms with Crippen LogP contribution in [-0.2, 0) is 19.2 Å². The van der Waals surface area contributed by atoms with Crippen LogP contribution in [0.25, 0.3) is 33.4 Å². The smallest absolute Gasteiger partial charge is 0.269 e. The third kappa shape index (κ3) is 11.5. The normalized spacial score (nSPS) is 13.4. The monoisotopic (exact) mass is 812 g/mol. The van der Waals surface area contributed by atoms with Gasteiger partial charge < -0.3 is 40.9 Å². The fraction of sp³-hybridized carbons (Fsp3) is 0. The minimum Gasteiger partial charge on any atom is -0.501 e. The largest absolute Gasteiger partial charge is 0.501 e. The molecule has 8 N–H and O–H groups in total. The first-order valence-corrected chi connectivity index (χ1v) is 16.9. The predicted octanol–water partition coefficient (Wildman–Crippen LogP) is 6.02. The first-order valence-electron chi connectivity index (χ1n) is 16.9. The van der Waals surface area contributed by atoms with Gasteiger partial charge in [0.25, 0.3) is 23.1 Å². The fourth-order valence-electron chi connectivity index (χ4n) is 4.58. The highest BCUT2D eigenvalue weighted by Gasteiger charge is 2.36. The lowest BCUT2D eigenvalue weighted by Crippen LogP contribution is -2.23. The van der Waals surface area contributed by atoms with Crippen molar-refractivity contribution in [3.63, 3.8) is 0 Å². The highest BCUT2D eigenvalue weighted by molar-refractivity contribution is 6.21. The van der Waals surface area contributed by atoms with Crippen LogP contribution in [0.1, 0.15) is 0 Å². The Hall–Kier alpha value is -9.06. The lowest BCUT2D eigenvalue weighted by molar-refractivity contribution is -0.124. The number of aromatic nitrogens is 6. The van der Waals surface area contributed by atoms with Crippen molar-refractivity contribution in [1.29, 1.82) is 0 Å². The molecular formula is C42H32N6O12. The third-order valence-corrected chi connectivity index (χ3v) is 7.70. The molecule has 0 fully saturated rings. The summed E-state index contributed by atoms with van der Waals surface area (Å²) in [5, 5.41) is 69.3. The van der Waals surface area contributed by atoms with Gasteiger partial charge in [-0.05, 0) is 106 Å². The average molecular weight is 813 g/mol. The van der Waals surface area contributed by atoms with Crippen molar-refractivity contribution in [2.75, 3.05) is 0 Å². The Labute approximate surface area is 339 Å². The molecule has 18 nitrogen and oxygen atoms in total. The van der Waals surface area contributed by atoms with Crippen molar-refractivity contribution in [1.82, 2.24) is 29.9 Å². The van der Waals surface area contributed by atoms with Gasteiger partial charge in [0.05, 0.1) is 0 Å². The Morgan fingerprint density at radius 3 is 0.417 bits per heavy atom. The summed E-state index contributed by atoms with van der Waals surface area (Å²) in [5.41, 5.74) is 7.04. The van der Waals surface area contributed by atoms with Gasteiger partial charge >= 0.3 is 0 Å². The molecule has 18 heteroatoms. The molecule has 302 valence electrons. The molecule has 2 aliphatic carbocycles. The zero-order valence-electron chi connectivity index (χ0n) is 30.8. The second-order valence-corrected chi connectivity index (χ2v) is 11.5. The summed E-state index contributed by atoms with van der Waals surface area (Å²) in [6.07, 6.45) is 21.4. The van der Waals surface area contributed by atoms with Crippen LogP contribution in [0.4, 0.5) is 0 Å². The molecule has 60 heavy (non-hydrogen) atoms. The molecule has 0 aliphatic heterocycles. The summed E-state index contributed by atoms with van der Waals surface area (Å²) in [7, 11) is 0. The molecule has 0 spiro atoms. The number of aliphatic hydroxyl groups is 8. The molecule has 0 atom stereocenters. The standard InChI is InChI=1S/3C10H8N2.2C6H4O6/c3*1-5-11-6-2-9(1)10-3-7-12-8-4-10;2*7-1-2(8)4(10)6(12)5(11)3(1)9/h3*1-8H;2*7-8,11-12H. The Kier molecular flexibility index (Phi) is 15.5. The predicted molar refractivity (Wildman–Crippen MR) is 212 cm³/mol. The van der Waals surface area contributed by atoms with Crippen molar-refractivity contribution < 1.29 is 60.0 Å². The Morgan fingerprint density at radius 2 is 0.317 bits per heavy atom. The zero-order chi connectivity index (χ0) is 43.6. The first-order chi connectivity index (χ1) is 28.8. The van der Waals surface area contributed by atoms with Crippen LogP contribution in [0.2, 0.25) is 0 Å². The Balaban J connectivity index is 0.000000165. The van der Waals surface area contributed by atoms with Crippen molar-refractivity contribution in [2.45, 2.75) is 0 Å². The molecule has 6 aromatic rings. The van der Waals surface area contributed by atoms with Gasteiger partial charge in [-0.1, -0.05) is 0 Å². The Bertz CT molecular complexity index is 2070. The van der Waals surface area contributed by atoms with Gasteiger partial charge in [-0.25, -0.2) is 0 Å². The minimum absolute atomic E-state index is 1.17. The van der Waals surface area contributed by atoms with E-state index in [1.807, 2.05) is 72.8 Å². The van der Waals surface area contributed by atoms with E-state index < -0.39 is 69.2 Å². The number of Topliss-reactive ketones (excluding diaryl/α,β-unsaturated/α-hetero) is 4. The number of hydrogen-bond acceptors (Lipinski definition) is 18.